The van der Waals surface area contributed by atoms with E-state index < -0.39 is 11.7 Å². The molecule has 5 nitrogen and oxygen atoms in total. The summed E-state index contributed by atoms with van der Waals surface area (Å²) in [6.45, 7) is 0. The molecule has 5 heteroatoms. The quantitative estimate of drug-likeness (QED) is 0.789. The van der Waals surface area contributed by atoms with E-state index in [-0.39, 0.29) is 6.42 Å². The first-order valence-electron chi connectivity index (χ1n) is 4.38. The van der Waals surface area contributed by atoms with Gasteiger partial charge in [0.1, 0.15) is 0 Å². The van der Waals surface area contributed by atoms with E-state index in [0.29, 0.717) is 16.7 Å². The van der Waals surface area contributed by atoms with Gasteiger partial charge < -0.3 is 9.52 Å². The summed E-state index contributed by atoms with van der Waals surface area (Å²) in [5.74, 6) is -1.36. The third-order valence-electron chi connectivity index (χ3n) is 2.21. The predicted molar refractivity (Wildman–Crippen MR) is 52.8 cm³/mol. The highest BCUT2D eigenvalue weighted by Gasteiger charge is 2.07. The van der Waals surface area contributed by atoms with Crippen molar-refractivity contribution >= 4 is 17.1 Å². The Labute approximate surface area is 84.5 Å². The van der Waals surface area contributed by atoms with Crippen LogP contribution >= 0.6 is 0 Å². The number of carboxylic acids is 1. The molecule has 1 aromatic heterocycles. The molecule has 0 saturated heterocycles. The third kappa shape index (κ3) is 1.63. The molecular weight excluding hydrogens is 198 g/mol. The van der Waals surface area contributed by atoms with Crippen LogP contribution in [0.5, 0.6) is 0 Å². The van der Waals surface area contributed by atoms with Crippen LogP contribution in [0, 0.1) is 0 Å². The summed E-state index contributed by atoms with van der Waals surface area (Å²) >= 11 is 0. The number of carboxylic acid groups (broad SMARTS) is 1. The Morgan fingerprint density at radius 1 is 1.53 bits per heavy atom. The minimum Gasteiger partial charge on any atom is -0.481 e. The Morgan fingerprint density at radius 2 is 2.27 bits per heavy atom. The maximum atomic E-state index is 11.2. The average molecular weight is 207 g/mol. The van der Waals surface area contributed by atoms with E-state index in [4.69, 9.17) is 9.52 Å². The number of aromatic nitrogens is 1. The lowest BCUT2D eigenvalue weighted by atomic mass is 10.1. The number of oxazole rings is 1. The highest BCUT2D eigenvalue weighted by molar-refractivity contribution is 5.76. The zero-order chi connectivity index (χ0) is 11.0. The molecule has 1 heterocycles. The molecule has 2 aromatic rings. The van der Waals surface area contributed by atoms with Crippen LogP contribution in [0.2, 0.25) is 0 Å². The van der Waals surface area contributed by atoms with Crippen LogP contribution in [-0.2, 0) is 18.3 Å². The Balaban J connectivity index is 2.57. The van der Waals surface area contributed by atoms with Crippen molar-refractivity contribution in [3.8, 4) is 0 Å². The van der Waals surface area contributed by atoms with Crippen molar-refractivity contribution in [3.63, 3.8) is 0 Å². The Bertz CT molecular complexity index is 579. The number of fused-ring (bicyclic) bond motifs is 1. The van der Waals surface area contributed by atoms with Gasteiger partial charge >= 0.3 is 11.7 Å². The van der Waals surface area contributed by atoms with E-state index in [1.54, 1.807) is 25.2 Å². The fourth-order valence-corrected chi connectivity index (χ4v) is 1.46. The molecule has 0 aliphatic carbocycles. The second kappa shape index (κ2) is 3.27. The number of aryl methyl sites for hydroxylation is 1. The lowest BCUT2D eigenvalue weighted by Gasteiger charge is -1.96. The lowest BCUT2D eigenvalue weighted by Crippen LogP contribution is -2.08. The van der Waals surface area contributed by atoms with Crippen molar-refractivity contribution in [1.29, 1.82) is 0 Å². The van der Waals surface area contributed by atoms with Crippen LogP contribution in [0.15, 0.2) is 27.4 Å². The molecule has 78 valence electrons. The zero-order valence-electron chi connectivity index (χ0n) is 8.06. The summed E-state index contributed by atoms with van der Waals surface area (Å²) in [7, 11) is 1.60. The highest BCUT2D eigenvalue weighted by Crippen LogP contribution is 2.14. The molecule has 0 unspecified atom stereocenters. The summed E-state index contributed by atoms with van der Waals surface area (Å²) in [4.78, 5) is 21.6. The van der Waals surface area contributed by atoms with Crippen molar-refractivity contribution in [3.05, 3.63) is 34.3 Å². The summed E-state index contributed by atoms with van der Waals surface area (Å²) in [5.41, 5.74) is 1.69. The van der Waals surface area contributed by atoms with Gasteiger partial charge in [-0.05, 0) is 17.7 Å². The molecule has 0 radical (unpaired) electrons. The lowest BCUT2D eigenvalue weighted by molar-refractivity contribution is -0.136. The Morgan fingerprint density at radius 3 is 2.93 bits per heavy atom. The van der Waals surface area contributed by atoms with Gasteiger partial charge in [-0.1, -0.05) is 6.07 Å². The molecule has 0 aliphatic heterocycles. The number of hydrogen-bond donors (Lipinski definition) is 1. The van der Waals surface area contributed by atoms with Crippen LogP contribution in [0.1, 0.15) is 5.56 Å². The van der Waals surface area contributed by atoms with Gasteiger partial charge in [0.2, 0.25) is 0 Å². The van der Waals surface area contributed by atoms with Gasteiger partial charge in [-0.25, -0.2) is 4.79 Å². The zero-order valence-corrected chi connectivity index (χ0v) is 8.06. The molecule has 0 fully saturated rings. The van der Waals surface area contributed by atoms with Crippen LogP contribution in [0.4, 0.5) is 0 Å². The number of hydrogen-bond acceptors (Lipinski definition) is 3. The second-order valence-corrected chi connectivity index (χ2v) is 3.30. The molecule has 1 aromatic carbocycles. The normalized spacial score (nSPS) is 10.7. The summed E-state index contributed by atoms with van der Waals surface area (Å²) < 4.78 is 6.31. The molecule has 0 amide bonds. The largest absolute Gasteiger partial charge is 0.481 e. The minimum atomic E-state index is -0.910. The predicted octanol–water partition coefficient (Wildman–Crippen LogP) is 0.759. The monoisotopic (exact) mass is 207 g/mol. The molecule has 1 N–H and O–H groups in total. The topological polar surface area (TPSA) is 72.4 Å². The molecule has 0 spiro atoms. The van der Waals surface area contributed by atoms with Gasteiger partial charge in [-0.3, -0.25) is 9.36 Å². The second-order valence-electron chi connectivity index (χ2n) is 3.30. The summed E-state index contributed by atoms with van der Waals surface area (Å²) in [6.07, 6.45) is -0.0749. The molecule has 15 heavy (non-hydrogen) atoms. The van der Waals surface area contributed by atoms with Crippen LogP contribution in [0.25, 0.3) is 11.1 Å². The van der Waals surface area contributed by atoms with Gasteiger partial charge in [-0.15, -0.1) is 0 Å². The van der Waals surface area contributed by atoms with Gasteiger partial charge in [-0.2, -0.15) is 0 Å². The molecule has 0 aliphatic rings. The minimum absolute atomic E-state index is 0.0749. The number of nitrogens with zero attached hydrogens (tertiary/aromatic N) is 1. The average Bonchev–Trinajstić information content (AvgIpc) is 2.41. The van der Waals surface area contributed by atoms with Gasteiger partial charge in [0.25, 0.3) is 0 Å². The van der Waals surface area contributed by atoms with Crippen LogP contribution < -0.4 is 5.76 Å². The molecule has 0 bridgehead atoms. The number of rotatable bonds is 2. The summed E-state index contributed by atoms with van der Waals surface area (Å²) in [6, 6.07) is 4.93. The third-order valence-corrected chi connectivity index (χ3v) is 2.21. The fourth-order valence-electron chi connectivity index (χ4n) is 1.46. The van der Waals surface area contributed by atoms with E-state index in [2.05, 4.69) is 0 Å². The Hall–Kier alpha value is -2.04. The summed E-state index contributed by atoms with van der Waals surface area (Å²) in [5, 5.41) is 8.60. The van der Waals surface area contributed by atoms with Crippen molar-refractivity contribution in [2.24, 2.45) is 7.05 Å². The number of aliphatic carboxylic acids is 1. The van der Waals surface area contributed by atoms with Crippen molar-refractivity contribution in [2.45, 2.75) is 6.42 Å². The molecule has 0 saturated carbocycles. The van der Waals surface area contributed by atoms with Gasteiger partial charge in [0.05, 0.1) is 11.9 Å². The van der Waals surface area contributed by atoms with Crippen molar-refractivity contribution < 1.29 is 14.3 Å². The first kappa shape index (κ1) is 9.51. The van der Waals surface area contributed by atoms with Gasteiger partial charge in [0.15, 0.2) is 5.58 Å². The van der Waals surface area contributed by atoms with E-state index in [1.165, 1.54) is 4.57 Å². The van der Waals surface area contributed by atoms with Crippen molar-refractivity contribution in [1.82, 2.24) is 4.57 Å². The SMILES string of the molecule is Cn1c(=O)oc2cc(CC(=O)O)ccc21. The number of benzene rings is 1. The maximum Gasteiger partial charge on any atom is 0.419 e. The smallest absolute Gasteiger partial charge is 0.419 e. The molecule has 0 atom stereocenters. The Kier molecular flexibility index (Phi) is 2.07. The van der Waals surface area contributed by atoms with E-state index >= 15 is 0 Å². The van der Waals surface area contributed by atoms with E-state index in [1.807, 2.05) is 0 Å². The first-order valence-corrected chi connectivity index (χ1v) is 4.38. The standard InChI is InChI=1S/C10H9NO4/c1-11-7-3-2-6(5-9(12)13)4-8(7)15-10(11)14/h2-4H,5H2,1H3,(H,12,13). The van der Waals surface area contributed by atoms with E-state index in [9.17, 15) is 9.59 Å². The first-order chi connectivity index (χ1) is 7.08. The van der Waals surface area contributed by atoms with E-state index in [0.717, 1.165) is 0 Å². The number of carbonyl (C=O) groups is 1. The van der Waals surface area contributed by atoms with Crippen LogP contribution in [0.3, 0.4) is 0 Å². The van der Waals surface area contributed by atoms with Crippen LogP contribution in [-0.4, -0.2) is 15.6 Å². The molecular formula is C10H9NO4. The highest BCUT2D eigenvalue weighted by atomic mass is 16.4. The maximum absolute atomic E-state index is 11.2. The molecule has 2 rings (SSSR count). The van der Waals surface area contributed by atoms with Gasteiger partial charge in [0, 0.05) is 7.05 Å². The fraction of sp³-hybridized carbons (Fsp3) is 0.200. The van der Waals surface area contributed by atoms with Crippen molar-refractivity contribution in [2.75, 3.05) is 0 Å².